The van der Waals surface area contributed by atoms with E-state index in [1.165, 1.54) is 5.56 Å². The number of benzene rings is 2. The van der Waals surface area contributed by atoms with Gasteiger partial charge in [0.25, 0.3) is 0 Å². The van der Waals surface area contributed by atoms with Crippen LogP contribution < -0.4 is 0 Å². The van der Waals surface area contributed by atoms with Crippen molar-refractivity contribution in [2.45, 2.75) is 26.2 Å². The van der Waals surface area contributed by atoms with Gasteiger partial charge in [0.15, 0.2) is 0 Å². The lowest BCUT2D eigenvalue weighted by atomic mass is 9.98. The van der Waals surface area contributed by atoms with E-state index in [0.717, 1.165) is 16.8 Å². The Kier molecular flexibility index (Phi) is 4.57. The summed E-state index contributed by atoms with van der Waals surface area (Å²) in [5.74, 6) is -0.463. The largest absolute Gasteiger partial charge is 0.481 e. The maximum Gasteiger partial charge on any atom is 0.307 e. The minimum atomic E-state index is -0.901. The number of aliphatic carboxylic acids is 1. The molecule has 0 bridgehead atoms. The highest BCUT2D eigenvalue weighted by Crippen LogP contribution is 2.37. The molecule has 0 saturated heterocycles. The van der Waals surface area contributed by atoms with Gasteiger partial charge in [-0.1, -0.05) is 61.3 Å². The van der Waals surface area contributed by atoms with Crippen molar-refractivity contribution in [3.05, 3.63) is 57.6 Å². The van der Waals surface area contributed by atoms with Gasteiger partial charge in [-0.3, -0.25) is 4.79 Å². The summed E-state index contributed by atoms with van der Waals surface area (Å²) in [5, 5.41) is 11.0. The smallest absolute Gasteiger partial charge is 0.307 e. The predicted molar refractivity (Wildman–Crippen MR) is 99.2 cm³/mol. The van der Waals surface area contributed by atoms with Crippen molar-refractivity contribution in [1.29, 1.82) is 0 Å². The number of H-pyrrole nitrogens is 1. The number of rotatable bonds is 4. The van der Waals surface area contributed by atoms with Crippen molar-refractivity contribution in [2.24, 2.45) is 0 Å². The van der Waals surface area contributed by atoms with E-state index < -0.39 is 5.97 Å². The summed E-state index contributed by atoms with van der Waals surface area (Å²) in [6, 6.07) is 11.5. The molecule has 0 unspecified atom stereocenters. The molecule has 0 radical (unpaired) electrons. The van der Waals surface area contributed by atoms with Crippen LogP contribution in [0.1, 0.15) is 30.9 Å². The Bertz CT molecular complexity index is 911. The van der Waals surface area contributed by atoms with Crippen LogP contribution in [-0.2, 0) is 11.2 Å². The van der Waals surface area contributed by atoms with Crippen LogP contribution in [0.2, 0.25) is 10.0 Å². The topological polar surface area (TPSA) is 53.1 Å². The Morgan fingerprint density at radius 1 is 1.17 bits per heavy atom. The molecule has 1 heterocycles. The Labute approximate surface area is 150 Å². The molecular weight excluding hydrogens is 345 g/mol. The van der Waals surface area contributed by atoms with E-state index in [2.05, 4.69) is 31.0 Å². The molecule has 0 saturated carbocycles. The maximum atomic E-state index is 11.3. The van der Waals surface area contributed by atoms with Crippen molar-refractivity contribution in [1.82, 2.24) is 4.98 Å². The van der Waals surface area contributed by atoms with Crippen molar-refractivity contribution < 1.29 is 9.90 Å². The molecule has 0 aliphatic carbocycles. The van der Waals surface area contributed by atoms with Gasteiger partial charge >= 0.3 is 5.97 Å². The quantitative estimate of drug-likeness (QED) is 0.608. The van der Waals surface area contributed by atoms with Gasteiger partial charge in [0.2, 0.25) is 0 Å². The highest BCUT2D eigenvalue weighted by atomic mass is 35.5. The first-order valence-electron chi connectivity index (χ1n) is 7.68. The highest BCUT2D eigenvalue weighted by molar-refractivity contribution is 6.39. The Morgan fingerprint density at radius 3 is 2.42 bits per heavy atom. The van der Waals surface area contributed by atoms with E-state index in [1.807, 2.05) is 12.1 Å². The Balaban J connectivity index is 2.22. The number of nitrogens with one attached hydrogen (secondary N) is 1. The number of aromatic amines is 1. The molecule has 0 aliphatic heterocycles. The van der Waals surface area contributed by atoms with Gasteiger partial charge in [-0.15, -0.1) is 0 Å². The van der Waals surface area contributed by atoms with Crippen molar-refractivity contribution in [3.63, 3.8) is 0 Å². The molecule has 3 rings (SSSR count). The first-order valence-corrected chi connectivity index (χ1v) is 8.44. The van der Waals surface area contributed by atoms with Crippen LogP contribution in [0.4, 0.5) is 0 Å². The van der Waals surface area contributed by atoms with Gasteiger partial charge in [-0.05, 0) is 34.7 Å². The molecule has 24 heavy (non-hydrogen) atoms. The molecule has 0 aliphatic rings. The molecule has 3 nitrogen and oxygen atoms in total. The first kappa shape index (κ1) is 16.9. The minimum absolute atomic E-state index is 0.109. The van der Waals surface area contributed by atoms with Gasteiger partial charge in [0.1, 0.15) is 0 Å². The zero-order chi connectivity index (χ0) is 17.4. The molecule has 0 amide bonds. The standard InChI is InChI=1S/C19H17Cl2NO2/c1-10(2)11-3-5-12(6-4-11)19-14(9-17(23)24)18-15(21)7-13(20)8-16(18)22-19/h3-8,10,22H,9H2,1-2H3,(H,23,24). The monoisotopic (exact) mass is 361 g/mol. The van der Waals surface area contributed by atoms with E-state index in [9.17, 15) is 9.90 Å². The van der Waals surface area contributed by atoms with Crippen molar-refractivity contribution >= 4 is 40.1 Å². The molecule has 1 aromatic heterocycles. The first-order chi connectivity index (χ1) is 11.4. The number of aromatic nitrogens is 1. The molecule has 124 valence electrons. The summed E-state index contributed by atoms with van der Waals surface area (Å²) in [6.07, 6.45) is -0.109. The maximum absolute atomic E-state index is 11.3. The molecule has 0 spiro atoms. The predicted octanol–water partition coefficient (Wildman–Crippen LogP) is 5.89. The lowest BCUT2D eigenvalue weighted by Crippen LogP contribution is -2.01. The number of hydrogen-bond acceptors (Lipinski definition) is 1. The van der Waals surface area contributed by atoms with E-state index >= 15 is 0 Å². The zero-order valence-electron chi connectivity index (χ0n) is 13.4. The van der Waals surface area contributed by atoms with E-state index in [-0.39, 0.29) is 6.42 Å². The second-order valence-electron chi connectivity index (χ2n) is 6.14. The third kappa shape index (κ3) is 3.14. The van der Waals surface area contributed by atoms with Crippen LogP contribution >= 0.6 is 23.2 Å². The Morgan fingerprint density at radius 2 is 1.83 bits per heavy atom. The number of halogens is 2. The highest BCUT2D eigenvalue weighted by Gasteiger charge is 2.18. The van der Waals surface area contributed by atoms with Crippen LogP contribution in [0, 0.1) is 0 Å². The van der Waals surface area contributed by atoms with Crippen LogP contribution in [0.15, 0.2) is 36.4 Å². The second-order valence-corrected chi connectivity index (χ2v) is 6.98. The minimum Gasteiger partial charge on any atom is -0.481 e. The normalized spacial score (nSPS) is 11.4. The third-order valence-corrected chi connectivity index (χ3v) is 4.63. The second kappa shape index (κ2) is 6.50. The number of carboxylic acids is 1. The third-order valence-electron chi connectivity index (χ3n) is 4.11. The average molecular weight is 362 g/mol. The lowest BCUT2D eigenvalue weighted by molar-refractivity contribution is -0.136. The fourth-order valence-electron chi connectivity index (χ4n) is 2.92. The fourth-order valence-corrected chi connectivity index (χ4v) is 3.53. The molecule has 0 atom stereocenters. The van der Waals surface area contributed by atoms with Gasteiger partial charge in [-0.25, -0.2) is 0 Å². The van der Waals surface area contributed by atoms with Gasteiger partial charge in [-0.2, -0.15) is 0 Å². The molecular formula is C19H17Cl2NO2. The van der Waals surface area contributed by atoms with Crippen molar-refractivity contribution in [3.8, 4) is 11.3 Å². The van der Waals surface area contributed by atoms with Crippen LogP contribution in [-0.4, -0.2) is 16.1 Å². The van der Waals surface area contributed by atoms with E-state index in [4.69, 9.17) is 23.2 Å². The number of fused-ring (bicyclic) bond motifs is 1. The van der Waals surface area contributed by atoms with Crippen LogP contribution in [0.5, 0.6) is 0 Å². The van der Waals surface area contributed by atoms with Gasteiger partial charge in [0.05, 0.1) is 17.1 Å². The molecule has 0 fully saturated rings. The SMILES string of the molecule is CC(C)c1ccc(-c2[nH]c3cc(Cl)cc(Cl)c3c2CC(=O)O)cc1. The summed E-state index contributed by atoms with van der Waals surface area (Å²) >= 11 is 12.4. The zero-order valence-corrected chi connectivity index (χ0v) is 14.9. The lowest BCUT2D eigenvalue weighted by Gasteiger charge is -2.08. The molecule has 3 aromatic rings. The average Bonchev–Trinajstić information content (AvgIpc) is 2.85. The number of carboxylic acid groups (broad SMARTS) is 1. The summed E-state index contributed by atoms with van der Waals surface area (Å²) in [5.41, 5.74) is 4.35. The van der Waals surface area contributed by atoms with Gasteiger partial charge in [0, 0.05) is 15.9 Å². The summed E-state index contributed by atoms with van der Waals surface area (Å²) < 4.78 is 0. The van der Waals surface area contributed by atoms with Crippen LogP contribution in [0.25, 0.3) is 22.2 Å². The molecule has 2 N–H and O–H groups in total. The summed E-state index contributed by atoms with van der Waals surface area (Å²) in [7, 11) is 0. The van der Waals surface area contributed by atoms with Crippen LogP contribution in [0.3, 0.4) is 0 Å². The van der Waals surface area contributed by atoms with Gasteiger partial charge < -0.3 is 10.1 Å². The fraction of sp³-hybridized carbons (Fsp3) is 0.211. The van der Waals surface area contributed by atoms with E-state index in [1.54, 1.807) is 12.1 Å². The van der Waals surface area contributed by atoms with Crippen molar-refractivity contribution in [2.75, 3.05) is 0 Å². The summed E-state index contributed by atoms with van der Waals surface area (Å²) in [6.45, 7) is 4.27. The molecule has 5 heteroatoms. The Hall–Kier alpha value is -1.97. The molecule has 2 aromatic carbocycles. The van der Waals surface area contributed by atoms with E-state index in [0.29, 0.717) is 26.9 Å². The number of carbonyl (C=O) groups is 1. The summed E-state index contributed by atoms with van der Waals surface area (Å²) in [4.78, 5) is 14.6. The number of hydrogen-bond donors (Lipinski definition) is 2.